The number of rotatable bonds is 2. The number of carbonyl (C=O) groups excluding carboxylic acids is 1. The number of benzene rings is 1. The molecule has 1 rings (SSSR count). The highest BCUT2D eigenvalue weighted by molar-refractivity contribution is 5.91. The first-order chi connectivity index (χ1) is 7.28. The van der Waals surface area contributed by atoms with E-state index in [-0.39, 0.29) is 23.4 Å². The molecule has 0 radical (unpaired) electrons. The lowest BCUT2D eigenvalue weighted by atomic mass is 9.92. The van der Waals surface area contributed by atoms with Gasteiger partial charge in [-0.1, -0.05) is 20.8 Å². The largest absolute Gasteiger partial charge is 0.323 e. The Hall–Kier alpha value is -1.45. The molecule has 0 unspecified atom stereocenters. The van der Waals surface area contributed by atoms with Gasteiger partial charge in [-0.25, -0.2) is 8.78 Å². The van der Waals surface area contributed by atoms with Crippen molar-refractivity contribution >= 4 is 11.6 Å². The van der Waals surface area contributed by atoms with E-state index in [9.17, 15) is 13.6 Å². The third-order valence-corrected chi connectivity index (χ3v) is 1.89. The highest BCUT2D eigenvalue weighted by atomic mass is 19.1. The Morgan fingerprint density at radius 3 is 2.50 bits per heavy atom. The lowest BCUT2D eigenvalue weighted by Gasteiger charge is -2.17. The zero-order chi connectivity index (χ0) is 12.3. The molecule has 0 saturated carbocycles. The van der Waals surface area contributed by atoms with Crippen LogP contribution in [-0.4, -0.2) is 5.91 Å². The minimum Gasteiger partial charge on any atom is -0.323 e. The van der Waals surface area contributed by atoms with Crippen LogP contribution in [0.3, 0.4) is 0 Å². The minimum atomic E-state index is -0.636. The Labute approximate surface area is 93.7 Å². The summed E-state index contributed by atoms with van der Waals surface area (Å²) >= 11 is 0. The van der Waals surface area contributed by atoms with Crippen molar-refractivity contribution in [3.8, 4) is 0 Å². The van der Waals surface area contributed by atoms with Crippen LogP contribution >= 0.6 is 0 Å². The number of nitrogens with one attached hydrogen (secondary N) is 1. The van der Waals surface area contributed by atoms with Gasteiger partial charge in [0.05, 0.1) is 5.69 Å². The average Bonchev–Trinajstić information content (AvgIpc) is 2.08. The molecule has 0 atom stereocenters. The molecule has 16 heavy (non-hydrogen) atoms. The van der Waals surface area contributed by atoms with Gasteiger partial charge in [-0.3, -0.25) is 4.79 Å². The van der Waals surface area contributed by atoms with E-state index < -0.39 is 11.6 Å². The van der Waals surface area contributed by atoms with Gasteiger partial charge in [-0.2, -0.15) is 0 Å². The van der Waals surface area contributed by atoms with E-state index in [1.807, 2.05) is 20.8 Å². The van der Waals surface area contributed by atoms with E-state index in [4.69, 9.17) is 0 Å². The van der Waals surface area contributed by atoms with Crippen LogP contribution < -0.4 is 5.32 Å². The lowest BCUT2D eigenvalue weighted by Crippen LogP contribution is -2.20. The normalized spacial score (nSPS) is 11.3. The van der Waals surface area contributed by atoms with E-state index in [2.05, 4.69) is 5.32 Å². The summed E-state index contributed by atoms with van der Waals surface area (Å²) in [5, 5.41) is 2.35. The van der Waals surface area contributed by atoms with Gasteiger partial charge in [-0.15, -0.1) is 0 Å². The fraction of sp³-hybridized carbons (Fsp3) is 0.417. The minimum absolute atomic E-state index is 0.116. The summed E-state index contributed by atoms with van der Waals surface area (Å²) in [7, 11) is 0. The maximum atomic E-state index is 13.2. The smallest absolute Gasteiger partial charge is 0.224 e. The molecule has 1 aromatic rings. The summed E-state index contributed by atoms with van der Waals surface area (Å²) in [5.74, 6) is -1.53. The van der Waals surface area contributed by atoms with Gasteiger partial charge in [0.2, 0.25) is 5.91 Å². The molecule has 1 amide bonds. The van der Waals surface area contributed by atoms with E-state index >= 15 is 0 Å². The highest BCUT2D eigenvalue weighted by Crippen LogP contribution is 2.21. The van der Waals surface area contributed by atoms with Gasteiger partial charge in [0.1, 0.15) is 11.6 Å². The van der Waals surface area contributed by atoms with Crippen LogP contribution in [-0.2, 0) is 4.79 Å². The van der Waals surface area contributed by atoms with Gasteiger partial charge in [0, 0.05) is 12.5 Å². The third-order valence-electron chi connectivity index (χ3n) is 1.89. The first-order valence-electron chi connectivity index (χ1n) is 5.03. The first kappa shape index (κ1) is 12.6. The fourth-order valence-electron chi connectivity index (χ4n) is 1.27. The van der Waals surface area contributed by atoms with E-state index in [1.165, 1.54) is 0 Å². The average molecular weight is 227 g/mol. The molecule has 0 fully saturated rings. The van der Waals surface area contributed by atoms with Crippen molar-refractivity contribution in [1.82, 2.24) is 0 Å². The summed E-state index contributed by atoms with van der Waals surface area (Å²) in [6.45, 7) is 5.69. The Kier molecular flexibility index (Phi) is 3.62. The molecule has 0 bridgehead atoms. The van der Waals surface area contributed by atoms with Crippen LogP contribution in [0.4, 0.5) is 14.5 Å². The van der Waals surface area contributed by atoms with Gasteiger partial charge in [0.15, 0.2) is 0 Å². The molecule has 2 nitrogen and oxygen atoms in total. The van der Waals surface area contributed by atoms with E-state index in [0.717, 1.165) is 18.2 Å². The summed E-state index contributed by atoms with van der Waals surface area (Å²) < 4.78 is 26.0. The maximum Gasteiger partial charge on any atom is 0.224 e. The molecule has 0 spiro atoms. The topological polar surface area (TPSA) is 29.1 Å². The van der Waals surface area contributed by atoms with Crippen LogP contribution in [0.15, 0.2) is 18.2 Å². The molecule has 0 saturated heterocycles. The van der Waals surface area contributed by atoms with Crippen LogP contribution in [0.2, 0.25) is 0 Å². The quantitative estimate of drug-likeness (QED) is 0.824. The van der Waals surface area contributed by atoms with Crippen molar-refractivity contribution in [3.05, 3.63) is 29.8 Å². The van der Waals surface area contributed by atoms with Crippen molar-refractivity contribution in [2.24, 2.45) is 5.41 Å². The fourth-order valence-corrected chi connectivity index (χ4v) is 1.27. The summed E-state index contributed by atoms with van der Waals surface area (Å²) in [5.41, 5.74) is -0.303. The van der Waals surface area contributed by atoms with Gasteiger partial charge < -0.3 is 5.32 Å². The maximum absolute atomic E-state index is 13.2. The zero-order valence-electron chi connectivity index (χ0n) is 9.60. The van der Waals surface area contributed by atoms with Crippen molar-refractivity contribution in [2.45, 2.75) is 27.2 Å². The zero-order valence-corrected chi connectivity index (χ0v) is 9.60. The highest BCUT2D eigenvalue weighted by Gasteiger charge is 2.17. The Balaban J connectivity index is 2.73. The molecule has 0 aliphatic heterocycles. The predicted molar refractivity (Wildman–Crippen MR) is 59.1 cm³/mol. The standard InChI is InChI=1S/C12H15F2NO/c1-12(2,3)7-11(16)15-10-6-8(13)4-5-9(10)14/h4-6H,7H2,1-3H3,(H,15,16). The summed E-state index contributed by atoms with van der Waals surface area (Å²) in [6, 6.07) is 2.96. The van der Waals surface area contributed by atoms with Gasteiger partial charge in [0.25, 0.3) is 0 Å². The lowest BCUT2D eigenvalue weighted by molar-refractivity contribution is -0.117. The molecule has 1 N–H and O–H groups in total. The number of carbonyl (C=O) groups is 1. The monoisotopic (exact) mass is 227 g/mol. The Morgan fingerprint density at radius 2 is 1.94 bits per heavy atom. The van der Waals surface area contributed by atoms with Crippen molar-refractivity contribution in [2.75, 3.05) is 5.32 Å². The number of hydrogen-bond donors (Lipinski definition) is 1. The van der Waals surface area contributed by atoms with E-state index in [1.54, 1.807) is 0 Å². The van der Waals surface area contributed by atoms with Crippen LogP contribution in [0.1, 0.15) is 27.2 Å². The Morgan fingerprint density at radius 1 is 1.31 bits per heavy atom. The van der Waals surface area contributed by atoms with Crippen molar-refractivity contribution in [1.29, 1.82) is 0 Å². The second-order valence-corrected chi connectivity index (χ2v) is 4.91. The SMILES string of the molecule is CC(C)(C)CC(=O)Nc1cc(F)ccc1F. The molecule has 0 aliphatic carbocycles. The van der Waals surface area contributed by atoms with E-state index in [0.29, 0.717) is 0 Å². The molecule has 0 aliphatic rings. The second-order valence-electron chi connectivity index (χ2n) is 4.91. The molecule has 88 valence electrons. The number of anilines is 1. The number of halogens is 2. The van der Waals surface area contributed by atoms with Crippen LogP contribution in [0.5, 0.6) is 0 Å². The molecule has 0 aromatic heterocycles. The summed E-state index contributed by atoms with van der Waals surface area (Å²) in [6.07, 6.45) is 0.253. The number of amides is 1. The molecular formula is C12H15F2NO. The molecule has 1 aromatic carbocycles. The van der Waals surface area contributed by atoms with Crippen molar-refractivity contribution in [3.63, 3.8) is 0 Å². The van der Waals surface area contributed by atoms with Crippen LogP contribution in [0.25, 0.3) is 0 Å². The molecule has 4 heteroatoms. The van der Waals surface area contributed by atoms with Crippen molar-refractivity contribution < 1.29 is 13.6 Å². The predicted octanol–water partition coefficient (Wildman–Crippen LogP) is 3.34. The van der Waals surface area contributed by atoms with Gasteiger partial charge >= 0.3 is 0 Å². The summed E-state index contributed by atoms with van der Waals surface area (Å²) in [4.78, 5) is 11.5. The van der Waals surface area contributed by atoms with Crippen LogP contribution in [0, 0.1) is 17.0 Å². The number of hydrogen-bond acceptors (Lipinski definition) is 1. The molecular weight excluding hydrogens is 212 g/mol. The molecule has 0 heterocycles. The Bertz CT molecular complexity index is 396. The second kappa shape index (κ2) is 4.60. The van der Waals surface area contributed by atoms with Gasteiger partial charge in [-0.05, 0) is 17.5 Å². The first-order valence-corrected chi connectivity index (χ1v) is 5.03. The third kappa shape index (κ3) is 3.96.